The van der Waals surface area contributed by atoms with Crippen LogP contribution >= 0.6 is 0 Å². The van der Waals surface area contributed by atoms with Crippen molar-refractivity contribution in [2.24, 2.45) is 0 Å². The molecule has 0 aliphatic rings. The standard InChI is InChI=1S/C2H12B8/c1-4-6-8-10-9-7-5-2-3/h5-10H,1-3H2. The molecule has 10 heavy (non-hydrogen) atoms. The van der Waals surface area contributed by atoms with Crippen LogP contribution in [0.5, 0.6) is 0 Å². The van der Waals surface area contributed by atoms with Crippen LogP contribution in [-0.4, -0.2) is 63.6 Å². The van der Waals surface area contributed by atoms with Gasteiger partial charge in [-0.15, -0.1) is 0 Å². The fourth-order valence-electron chi connectivity index (χ4n) is 1.07. The van der Waals surface area contributed by atoms with Crippen LogP contribution in [0, 0.1) is 0 Å². The van der Waals surface area contributed by atoms with Crippen LogP contribution in [0.2, 0.25) is 6.22 Å². The monoisotopic (exact) mass is 124 g/mol. The molecule has 0 atom stereocenters. The Morgan fingerprint density at radius 2 is 1.90 bits per heavy atom. The zero-order valence-corrected chi connectivity index (χ0v) is 7.23. The first-order valence-corrected chi connectivity index (χ1v) is 4.52. The molecule has 44 valence electrons. The van der Waals surface area contributed by atoms with Crippen molar-refractivity contribution >= 4 is 63.6 Å². The molecule has 0 aromatic heterocycles. The summed E-state index contributed by atoms with van der Waals surface area (Å²) in [4.78, 5) is 0. The van der Waals surface area contributed by atoms with Gasteiger partial charge in [0.15, 0.2) is 0 Å². The number of rotatable bonds is 7. The van der Waals surface area contributed by atoms with E-state index < -0.39 is 0 Å². The fraction of sp³-hybridized carbons (Fsp3) is 0.500. The fourth-order valence-corrected chi connectivity index (χ4v) is 1.07. The summed E-state index contributed by atoms with van der Waals surface area (Å²) < 4.78 is 0. The Bertz CT molecular complexity index is 71.7. The van der Waals surface area contributed by atoms with Gasteiger partial charge in [-0.1, -0.05) is 0 Å². The van der Waals surface area contributed by atoms with Crippen molar-refractivity contribution in [3.05, 3.63) is 0 Å². The van der Waals surface area contributed by atoms with Crippen molar-refractivity contribution < 1.29 is 0 Å². The van der Waals surface area contributed by atoms with Gasteiger partial charge in [-0.25, -0.2) is 0 Å². The molecule has 0 saturated heterocycles. The first kappa shape index (κ1) is 10.4. The van der Waals surface area contributed by atoms with Crippen LogP contribution in [-0.2, 0) is 0 Å². The van der Waals surface area contributed by atoms with Gasteiger partial charge >= 0.3 is 69.8 Å². The van der Waals surface area contributed by atoms with E-state index in [0.717, 1.165) is 0 Å². The van der Waals surface area contributed by atoms with Gasteiger partial charge in [-0.2, -0.15) is 0 Å². The predicted octanol–water partition coefficient (Wildman–Crippen LogP) is -4.76. The molecule has 0 heterocycles. The summed E-state index contributed by atoms with van der Waals surface area (Å²) in [5, 5.41) is 0. The summed E-state index contributed by atoms with van der Waals surface area (Å²) in [6, 6.07) is 0. The van der Waals surface area contributed by atoms with Gasteiger partial charge < -0.3 is 0 Å². The third-order valence-corrected chi connectivity index (χ3v) is 1.76. The van der Waals surface area contributed by atoms with Crippen LogP contribution in [0.25, 0.3) is 0 Å². The molecule has 0 N–H and O–H groups in total. The Hall–Kier alpha value is 0.389. The Kier molecular flexibility index (Phi) is 9.76. The molecule has 0 aliphatic heterocycles. The number of hydrogen-bond donors (Lipinski definition) is 0. The van der Waals surface area contributed by atoms with Crippen molar-refractivity contribution in [2.75, 3.05) is 0 Å². The quantitative estimate of drug-likeness (QED) is 0.235. The molecule has 0 radical (unpaired) electrons. The minimum atomic E-state index is 1.20. The van der Waals surface area contributed by atoms with Crippen molar-refractivity contribution in [3.63, 3.8) is 0 Å². The Balaban J connectivity index is 2.70. The van der Waals surface area contributed by atoms with E-state index in [1.165, 1.54) is 48.7 Å². The molecule has 0 unspecified atom stereocenters. The van der Waals surface area contributed by atoms with Crippen LogP contribution in [0.3, 0.4) is 0 Å². The van der Waals surface area contributed by atoms with Gasteiger partial charge in [0.2, 0.25) is 0 Å². The van der Waals surface area contributed by atoms with E-state index in [9.17, 15) is 0 Å². The van der Waals surface area contributed by atoms with Gasteiger partial charge in [0, 0.05) is 0 Å². The Labute approximate surface area is 70.4 Å². The van der Waals surface area contributed by atoms with E-state index in [0.29, 0.717) is 0 Å². The number of hydrogen-bond acceptors (Lipinski definition) is 0. The van der Waals surface area contributed by atoms with Crippen molar-refractivity contribution in [1.82, 2.24) is 0 Å². The van der Waals surface area contributed by atoms with E-state index in [2.05, 4.69) is 14.3 Å². The molecule has 8 heteroatoms. The van der Waals surface area contributed by atoms with Crippen molar-refractivity contribution in [2.45, 2.75) is 6.22 Å². The van der Waals surface area contributed by atoms with Gasteiger partial charge in [0.25, 0.3) is 0 Å². The predicted molar refractivity (Wildman–Crippen MR) is 69.1 cm³/mol. The molecule has 0 saturated carbocycles. The topological polar surface area (TPSA) is 0 Å². The molecule has 0 aliphatic carbocycles. The molecule has 0 bridgehead atoms. The maximum absolute atomic E-state index is 3.69. The van der Waals surface area contributed by atoms with Crippen LogP contribution in [0.15, 0.2) is 0 Å². The molecule has 0 amide bonds. The average molecular weight is 123 g/mol. The zero-order chi connectivity index (χ0) is 7.66. The van der Waals surface area contributed by atoms with Crippen molar-refractivity contribution in [1.29, 1.82) is 0 Å². The van der Waals surface area contributed by atoms with E-state index in [-0.39, 0.29) is 0 Å². The summed E-state index contributed by atoms with van der Waals surface area (Å²) in [5.41, 5.74) is 0. The summed E-state index contributed by atoms with van der Waals surface area (Å²) in [7, 11) is 10.4. The molecule has 0 aromatic carbocycles. The van der Waals surface area contributed by atoms with Crippen molar-refractivity contribution in [3.8, 4) is 0 Å². The summed E-state index contributed by atoms with van der Waals surface area (Å²) in [6.45, 7) is 5.71. The first-order chi connectivity index (χ1) is 4.91. The summed E-state index contributed by atoms with van der Waals surface area (Å²) in [6.07, 6.45) is 1.35. The van der Waals surface area contributed by atoms with Crippen LogP contribution in [0.1, 0.15) is 0 Å². The van der Waals surface area contributed by atoms with Crippen LogP contribution < -0.4 is 0 Å². The first-order valence-electron chi connectivity index (χ1n) is 4.52. The van der Waals surface area contributed by atoms with Gasteiger partial charge in [-0.05, 0) is 0 Å². The van der Waals surface area contributed by atoms with Gasteiger partial charge in [0.05, 0.1) is 0 Å². The molecule has 0 nitrogen and oxygen atoms in total. The van der Waals surface area contributed by atoms with Gasteiger partial charge in [0.1, 0.15) is 0 Å². The second-order valence-corrected chi connectivity index (χ2v) is 2.85. The molecular weight excluding hydrogens is 111 g/mol. The van der Waals surface area contributed by atoms with E-state index in [1.807, 2.05) is 6.81 Å². The third-order valence-electron chi connectivity index (χ3n) is 1.76. The molecule has 0 spiro atoms. The van der Waals surface area contributed by atoms with E-state index in [1.54, 1.807) is 0 Å². The molecule has 0 rings (SSSR count). The normalized spacial score (nSPS) is 6.80. The molecule has 0 fully saturated rings. The Morgan fingerprint density at radius 1 is 1.20 bits per heavy atom. The van der Waals surface area contributed by atoms with Gasteiger partial charge in [-0.3, -0.25) is 0 Å². The maximum atomic E-state index is 3.69. The van der Waals surface area contributed by atoms with Crippen LogP contribution in [0.4, 0.5) is 0 Å². The average Bonchev–Trinajstić information content (AvgIpc) is 1.97. The molecular formula is C2H12B8. The second kappa shape index (κ2) is 9.39. The van der Waals surface area contributed by atoms with E-state index in [4.69, 9.17) is 0 Å². The summed E-state index contributed by atoms with van der Waals surface area (Å²) in [5.74, 6) is 0. The molecule has 0 aromatic rings. The minimum absolute atomic E-state index is 1.20. The third kappa shape index (κ3) is 8.39. The zero-order valence-electron chi connectivity index (χ0n) is 7.23. The summed E-state index contributed by atoms with van der Waals surface area (Å²) >= 11 is 0. The Morgan fingerprint density at radius 3 is 2.50 bits per heavy atom. The SMILES string of the molecule is BCBBBBBBB=C. The van der Waals surface area contributed by atoms with E-state index >= 15 is 0 Å². The second-order valence-electron chi connectivity index (χ2n) is 2.85.